The first-order valence-electron chi connectivity index (χ1n) is 7.22. The second-order valence-electron chi connectivity index (χ2n) is 5.45. The van der Waals surface area contributed by atoms with Crippen LogP contribution in [0.5, 0.6) is 0 Å². The number of carbonyl (C=O) groups is 1. The Morgan fingerprint density at radius 2 is 1.95 bits per heavy atom. The van der Waals surface area contributed by atoms with Crippen molar-refractivity contribution < 1.29 is 4.79 Å². The van der Waals surface area contributed by atoms with Crippen molar-refractivity contribution in [3.05, 3.63) is 48.5 Å². The Morgan fingerprint density at radius 3 is 2.41 bits per heavy atom. The van der Waals surface area contributed by atoms with Gasteiger partial charge in [-0.3, -0.25) is 9.69 Å². The van der Waals surface area contributed by atoms with Crippen LogP contribution in [0.15, 0.2) is 43.5 Å². The molecule has 1 unspecified atom stereocenters. The summed E-state index contributed by atoms with van der Waals surface area (Å²) in [6.07, 6.45) is 3.56. The van der Waals surface area contributed by atoms with Crippen LogP contribution in [0.25, 0.3) is 0 Å². The summed E-state index contributed by atoms with van der Waals surface area (Å²) in [4.78, 5) is 14.7. The van der Waals surface area contributed by atoms with E-state index in [1.54, 1.807) is 30.4 Å². The highest BCUT2D eigenvalue weighted by molar-refractivity contribution is 6.34. The van der Waals surface area contributed by atoms with Crippen LogP contribution in [0, 0.1) is 5.92 Å². The molecule has 0 aliphatic carbocycles. The maximum absolute atomic E-state index is 12.7. The fourth-order valence-electron chi connectivity index (χ4n) is 2.36. The molecule has 1 rings (SSSR count). The molecule has 5 heteroatoms. The van der Waals surface area contributed by atoms with Crippen molar-refractivity contribution in [3.63, 3.8) is 0 Å². The zero-order valence-electron chi connectivity index (χ0n) is 13.2. The number of rotatable bonds is 8. The van der Waals surface area contributed by atoms with E-state index in [4.69, 9.17) is 17.3 Å². The van der Waals surface area contributed by atoms with Crippen LogP contribution in [0.3, 0.4) is 0 Å². The minimum absolute atomic E-state index is 0.106. The maximum Gasteiger partial charge on any atom is 0.242 e. The van der Waals surface area contributed by atoms with Crippen LogP contribution >= 0.6 is 11.6 Å². The number of benzene rings is 1. The molecule has 0 heterocycles. The van der Waals surface area contributed by atoms with Crippen molar-refractivity contribution >= 4 is 28.9 Å². The van der Waals surface area contributed by atoms with Crippen molar-refractivity contribution in [2.75, 3.05) is 24.1 Å². The molecule has 4 nitrogen and oxygen atoms in total. The average Bonchev–Trinajstić information content (AvgIpc) is 2.42. The highest BCUT2D eigenvalue weighted by Crippen LogP contribution is 2.25. The Labute approximate surface area is 137 Å². The number of carbonyl (C=O) groups excluding carboxylic acids is 1. The van der Waals surface area contributed by atoms with Gasteiger partial charge < -0.3 is 11.1 Å². The van der Waals surface area contributed by atoms with E-state index in [9.17, 15) is 4.79 Å². The Hall–Kier alpha value is -1.78. The van der Waals surface area contributed by atoms with Crippen LogP contribution in [-0.2, 0) is 4.79 Å². The number of nitrogens with zero attached hydrogens (tertiary/aromatic N) is 1. The lowest BCUT2D eigenvalue weighted by molar-refractivity contribution is -0.122. The fourth-order valence-corrected chi connectivity index (χ4v) is 2.60. The van der Waals surface area contributed by atoms with Crippen molar-refractivity contribution in [1.29, 1.82) is 0 Å². The van der Waals surface area contributed by atoms with E-state index in [1.807, 2.05) is 18.7 Å². The largest absolute Gasteiger partial charge is 0.399 e. The number of anilines is 2. The summed E-state index contributed by atoms with van der Waals surface area (Å²) in [5, 5.41) is 3.31. The van der Waals surface area contributed by atoms with Crippen molar-refractivity contribution in [1.82, 2.24) is 4.90 Å². The number of nitrogens with two attached hydrogens (primary N) is 1. The van der Waals surface area contributed by atoms with E-state index in [1.165, 1.54) is 0 Å². The van der Waals surface area contributed by atoms with Gasteiger partial charge in [-0.2, -0.15) is 0 Å². The van der Waals surface area contributed by atoms with Gasteiger partial charge in [-0.15, -0.1) is 13.2 Å². The van der Waals surface area contributed by atoms with Crippen LogP contribution in [0.4, 0.5) is 11.4 Å². The molecule has 0 aliphatic heterocycles. The molecule has 1 aromatic rings. The number of hydrogen-bond acceptors (Lipinski definition) is 3. The molecule has 1 atom stereocenters. The molecular weight excluding hydrogens is 298 g/mol. The molecule has 120 valence electrons. The summed E-state index contributed by atoms with van der Waals surface area (Å²) in [5.74, 6) is 0.0258. The monoisotopic (exact) mass is 321 g/mol. The summed E-state index contributed by atoms with van der Waals surface area (Å²) < 4.78 is 0. The summed E-state index contributed by atoms with van der Waals surface area (Å²) in [5.41, 5.74) is 6.78. The second kappa shape index (κ2) is 8.61. The third-order valence-electron chi connectivity index (χ3n) is 3.27. The number of amides is 1. The van der Waals surface area contributed by atoms with Crippen LogP contribution in [0.2, 0.25) is 5.02 Å². The molecule has 0 saturated heterocycles. The summed E-state index contributed by atoms with van der Waals surface area (Å²) in [6.45, 7) is 12.7. The Morgan fingerprint density at radius 1 is 1.36 bits per heavy atom. The second-order valence-corrected chi connectivity index (χ2v) is 5.86. The molecule has 0 bridgehead atoms. The Bertz CT molecular complexity index is 533. The first kappa shape index (κ1) is 18.3. The van der Waals surface area contributed by atoms with E-state index in [-0.39, 0.29) is 17.9 Å². The van der Waals surface area contributed by atoms with Gasteiger partial charge in [-0.05, 0) is 24.1 Å². The molecule has 0 radical (unpaired) electrons. The highest BCUT2D eigenvalue weighted by atomic mass is 35.5. The zero-order chi connectivity index (χ0) is 16.7. The number of nitrogens with one attached hydrogen (secondary N) is 1. The number of hydrogen-bond donors (Lipinski definition) is 2. The molecule has 1 amide bonds. The normalized spacial score (nSPS) is 12.2. The van der Waals surface area contributed by atoms with Gasteiger partial charge in [-0.1, -0.05) is 37.6 Å². The van der Waals surface area contributed by atoms with Gasteiger partial charge in [0.1, 0.15) is 0 Å². The van der Waals surface area contributed by atoms with E-state index >= 15 is 0 Å². The predicted molar refractivity (Wildman–Crippen MR) is 95.1 cm³/mol. The molecule has 0 aromatic heterocycles. The smallest absolute Gasteiger partial charge is 0.242 e. The van der Waals surface area contributed by atoms with E-state index < -0.39 is 0 Å². The quantitative estimate of drug-likeness (QED) is 0.568. The molecule has 0 fully saturated rings. The lowest BCUT2D eigenvalue weighted by Gasteiger charge is -2.31. The lowest BCUT2D eigenvalue weighted by atomic mass is 10.0. The Kier molecular flexibility index (Phi) is 7.15. The molecule has 0 aliphatic rings. The molecule has 3 N–H and O–H groups in total. The first-order valence-corrected chi connectivity index (χ1v) is 7.60. The van der Waals surface area contributed by atoms with Crippen molar-refractivity contribution in [2.24, 2.45) is 5.92 Å². The van der Waals surface area contributed by atoms with Gasteiger partial charge >= 0.3 is 0 Å². The fraction of sp³-hybridized carbons (Fsp3) is 0.353. The summed E-state index contributed by atoms with van der Waals surface area (Å²) >= 11 is 6.12. The molecule has 22 heavy (non-hydrogen) atoms. The lowest BCUT2D eigenvalue weighted by Crippen LogP contribution is -2.47. The predicted octanol–water partition coefficient (Wildman–Crippen LogP) is 3.56. The first-order chi connectivity index (χ1) is 10.4. The standard InChI is InChI=1S/C17H24ClN3O/c1-5-9-21(10-6-2)16(12(3)4)17(22)20-15-8-7-13(19)11-14(15)18/h5-8,11-12,16H,1-2,9-10,19H2,3-4H3,(H,20,22). The number of nitrogen functional groups attached to an aromatic ring is 1. The zero-order valence-corrected chi connectivity index (χ0v) is 13.9. The third kappa shape index (κ3) is 4.90. The minimum Gasteiger partial charge on any atom is -0.399 e. The van der Waals surface area contributed by atoms with E-state index in [0.717, 1.165) is 0 Å². The topological polar surface area (TPSA) is 58.4 Å². The molecule has 1 aromatic carbocycles. The number of halogens is 1. The van der Waals surface area contributed by atoms with Crippen LogP contribution in [0.1, 0.15) is 13.8 Å². The third-order valence-corrected chi connectivity index (χ3v) is 3.58. The summed E-state index contributed by atoms with van der Waals surface area (Å²) in [7, 11) is 0. The van der Waals surface area contributed by atoms with Crippen LogP contribution in [-0.4, -0.2) is 29.9 Å². The molecule has 0 spiro atoms. The van der Waals surface area contributed by atoms with Gasteiger partial charge in [0.2, 0.25) is 5.91 Å². The molecular formula is C17H24ClN3O. The minimum atomic E-state index is -0.301. The van der Waals surface area contributed by atoms with Crippen LogP contribution < -0.4 is 11.1 Å². The maximum atomic E-state index is 12.7. The van der Waals surface area contributed by atoms with Gasteiger partial charge in [-0.25, -0.2) is 0 Å². The van der Waals surface area contributed by atoms with Gasteiger partial charge in [0.15, 0.2) is 0 Å². The SMILES string of the molecule is C=CCN(CC=C)C(C(=O)Nc1ccc(N)cc1Cl)C(C)C. The van der Waals surface area contributed by atoms with Gasteiger partial charge in [0, 0.05) is 18.8 Å². The van der Waals surface area contributed by atoms with Crippen molar-refractivity contribution in [2.45, 2.75) is 19.9 Å². The summed E-state index contributed by atoms with van der Waals surface area (Å²) in [6, 6.07) is 4.73. The van der Waals surface area contributed by atoms with Gasteiger partial charge in [0.25, 0.3) is 0 Å². The van der Waals surface area contributed by atoms with E-state index in [0.29, 0.717) is 29.5 Å². The van der Waals surface area contributed by atoms with E-state index in [2.05, 4.69) is 18.5 Å². The van der Waals surface area contributed by atoms with Crippen molar-refractivity contribution in [3.8, 4) is 0 Å². The Balaban J connectivity index is 2.97. The van der Waals surface area contributed by atoms with Gasteiger partial charge in [0.05, 0.1) is 16.8 Å². The molecule has 0 saturated carbocycles. The average molecular weight is 322 g/mol. The highest BCUT2D eigenvalue weighted by Gasteiger charge is 2.28.